The van der Waals surface area contributed by atoms with Crippen LogP contribution in [-0.2, 0) is 23.6 Å². The molecule has 0 bridgehead atoms. The number of halogens is 4. The minimum atomic E-state index is -1.12. The van der Waals surface area contributed by atoms with Gasteiger partial charge in [-0.05, 0) is 65.7 Å². The number of rotatable bonds is 6. The third-order valence-corrected chi connectivity index (χ3v) is 9.62. The van der Waals surface area contributed by atoms with Gasteiger partial charge in [-0.3, -0.25) is 19.5 Å². The number of carbonyl (C=O) groups excluding carboxylic acids is 3. The highest BCUT2D eigenvalue weighted by Gasteiger charge is 2.46. The summed E-state index contributed by atoms with van der Waals surface area (Å²) in [4.78, 5) is 62.7. The number of aromatic nitrogens is 7. The second-order valence-corrected chi connectivity index (χ2v) is 13.0. The van der Waals surface area contributed by atoms with Gasteiger partial charge in [0, 0.05) is 20.2 Å². The fraction of sp³-hybridized carbons (Fsp3) is 0.150. The maximum atomic E-state index is 14.2. The Morgan fingerprint density at radius 1 is 0.729 bits per heavy atom. The van der Waals surface area contributed by atoms with Crippen molar-refractivity contribution in [3.8, 4) is 22.6 Å². The summed E-state index contributed by atoms with van der Waals surface area (Å²) < 4.78 is 67.4. The molecular formula is C40H30F4N8O7. The van der Waals surface area contributed by atoms with Crippen LogP contribution in [0.3, 0.4) is 0 Å². The molecule has 7 aromatic rings. The quantitative estimate of drug-likeness (QED) is 0.151. The van der Waals surface area contributed by atoms with Crippen molar-refractivity contribution in [1.29, 1.82) is 0 Å². The van der Waals surface area contributed by atoms with Gasteiger partial charge in [-0.1, -0.05) is 12.1 Å². The molecule has 0 amide bonds. The minimum Gasteiger partial charge on any atom is -0.465 e. The summed E-state index contributed by atoms with van der Waals surface area (Å²) in [6, 6.07) is 13.4. The van der Waals surface area contributed by atoms with Gasteiger partial charge in [0.25, 0.3) is 0 Å². The lowest BCUT2D eigenvalue weighted by Gasteiger charge is -2.39. The Bertz CT molecular complexity index is 2840. The Kier molecular flexibility index (Phi) is 10.6. The lowest BCUT2D eigenvalue weighted by molar-refractivity contribution is 0.0589. The number of Topliss-reactive ketones (excluding diaryl/α,β-unsaturated/α-hetero) is 1. The molecule has 3 aromatic heterocycles. The smallest absolute Gasteiger partial charge is 0.338 e. The highest BCUT2D eigenvalue weighted by Crippen LogP contribution is 2.46. The number of nitrogens with one attached hydrogen (secondary N) is 1. The van der Waals surface area contributed by atoms with Crippen molar-refractivity contribution in [3.05, 3.63) is 147 Å². The van der Waals surface area contributed by atoms with Crippen LogP contribution in [0.15, 0.2) is 90.2 Å². The Morgan fingerprint density at radius 2 is 1.31 bits per heavy atom. The minimum absolute atomic E-state index is 0.0397. The number of aryl methyl sites for hydroxylation is 2. The van der Waals surface area contributed by atoms with E-state index < -0.39 is 58.4 Å². The number of aromatic amines is 1. The first-order valence-corrected chi connectivity index (χ1v) is 17.4. The van der Waals surface area contributed by atoms with Crippen molar-refractivity contribution in [2.45, 2.75) is 12.0 Å². The SMILES string of the molecule is COC(=O)c1cc(F)cc2[nH]c(-c3ccc(F)cc3)c(-c3ncnn3C)c(=O)c12.COC(=O)c1cc(F)cc2c1C(=O)C(c1ncnn1C)C(c1ccc(F)cc1)N2O. The number of benzene rings is 4. The van der Waals surface area contributed by atoms with E-state index in [0.717, 1.165) is 38.5 Å². The topological polar surface area (TPSA) is 187 Å². The molecule has 4 aromatic carbocycles. The summed E-state index contributed by atoms with van der Waals surface area (Å²) in [5.41, 5.74) is -0.123. The number of esters is 2. The summed E-state index contributed by atoms with van der Waals surface area (Å²) in [7, 11) is 5.42. The Hall–Kier alpha value is -7.54. The fourth-order valence-electron chi connectivity index (χ4n) is 6.96. The van der Waals surface area contributed by atoms with Gasteiger partial charge in [0.2, 0.25) is 5.43 Å². The van der Waals surface area contributed by atoms with E-state index in [2.05, 4.69) is 29.9 Å². The van der Waals surface area contributed by atoms with Crippen molar-refractivity contribution < 1.29 is 46.6 Å². The van der Waals surface area contributed by atoms with Crippen LogP contribution in [0.25, 0.3) is 33.5 Å². The fourth-order valence-corrected chi connectivity index (χ4v) is 6.96. The van der Waals surface area contributed by atoms with Gasteiger partial charge in [-0.15, -0.1) is 0 Å². The number of hydrogen-bond acceptors (Lipinski definition) is 12. The van der Waals surface area contributed by atoms with Crippen LogP contribution in [0.2, 0.25) is 0 Å². The molecular weight excluding hydrogens is 780 g/mol. The van der Waals surface area contributed by atoms with Gasteiger partial charge in [-0.2, -0.15) is 10.2 Å². The molecule has 0 fully saturated rings. The molecule has 0 saturated heterocycles. The molecule has 0 saturated carbocycles. The van der Waals surface area contributed by atoms with Crippen molar-refractivity contribution in [1.82, 2.24) is 34.5 Å². The van der Waals surface area contributed by atoms with E-state index in [1.165, 1.54) is 70.5 Å². The summed E-state index contributed by atoms with van der Waals surface area (Å²) in [5.74, 6) is -5.54. The number of anilines is 1. The number of hydroxylamine groups is 1. The number of hydrogen-bond donors (Lipinski definition) is 2. The van der Waals surface area contributed by atoms with Crippen molar-refractivity contribution in [3.63, 3.8) is 0 Å². The van der Waals surface area contributed by atoms with E-state index in [9.17, 15) is 41.9 Å². The molecule has 19 heteroatoms. The van der Waals surface area contributed by atoms with Crippen LogP contribution in [0.1, 0.15) is 54.4 Å². The number of nitrogens with zero attached hydrogens (tertiary/aromatic N) is 7. The van der Waals surface area contributed by atoms with E-state index in [1.807, 2.05) is 0 Å². The normalized spacial score (nSPS) is 14.7. The maximum Gasteiger partial charge on any atom is 0.338 e. The molecule has 2 unspecified atom stereocenters. The van der Waals surface area contributed by atoms with E-state index in [1.54, 1.807) is 14.1 Å². The van der Waals surface area contributed by atoms with Crippen LogP contribution >= 0.6 is 0 Å². The van der Waals surface area contributed by atoms with Crippen molar-refractivity contribution in [2.75, 3.05) is 19.3 Å². The summed E-state index contributed by atoms with van der Waals surface area (Å²) >= 11 is 0. The number of pyridine rings is 1. The lowest BCUT2D eigenvalue weighted by Crippen LogP contribution is -2.41. The summed E-state index contributed by atoms with van der Waals surface area (Å²) in [5, 5.41) is 19.7. The van der Waals surface area contributed by atoms with Crippen LogP contribution in [0, 0.1) is 23.3 Å². The molecule has 15 nitrogen and oxygen atoms in total. The molecule has 0 spiro atoms. The highest BCUT2D eigenvalue weighted by molar-refractivity contribution is 6.14. The van der Waals surface area contributed by atoms with E-state index in [4.69, 9.17) is 4.74 Å². The average Bonchev–Trinajstić information content (AvgIpc) is 3.85. The first-order valence-electron chi connectivity index (χ1n) is 17.4. The van der Waals surface area contributed by atoms with E-state index in [0.29, 0.717) is 21.9 Å². The molecule has 1 aliphatic rings. The highest BCUT2D eigenvalue weighted by atomic mass is 19.1. The zero-order valence-electron chi connectivity index (χ0n) is 31.3. The second kappa shape index (κ2) is 15.8. The molecule has 0 radical (unpaired) electrons. The summed E-state index contributed by atoms with van der Waals surface area (Å²) in [6.07, 6.45) is 2.52. The van der Waals surface area contributed by atoms with Crippen molar-refractivity contribution in [2.24, 2.45) is 14.1 Å². The molecule has 8 rings (SSSR count). The zero-order valence-corrected chi connectivity index (χ0v) is 31.3. The standard InChI is InChI=1S/C20H16F2N4O4.C20H14F2N4O3/c1-25-19(23-9-24-25)16-17(10-3-5-11(21)6-4-10)26(29)14-8-12(22)7-13(20(28)30-2)15(14)18(16)27;1-26-19(23-9-24-26)16-17(10-3-5-11(21)6-4-10)25-14-8-12(22)7-13(20(28)29-2)15(14)18(16)27/h3-9,16-17,29H,1-2H3;3-9H,1-2H3,(H,25,27). The summed E-state index contributed by atoms with van der Waals surface area (Å²) in [6.45, 7) is 0. The van der Waals surface area contributed by atoms with Gasteiger partial charge in [0.15, 0.2) is 11.6 Å². The van der Waals surface area contributed by atoms with E-state index >= 15 is 0 Å². The predicted molar refractivity (Wildman–Crippen MR) is 200 cm³/mol. The molecule has 1 aliphatic heterocycles. The second-order valence-electron chi connectivity index (χ2n) is 13.0. The monoisotopic (exact) mass is 810 g/mol. The lowest BCUT2D eigenvalue weighted by atomic mass is 9.80. The number of methoxy groups -OCH3 is 2. The average molecular weight is 811 g/mol. The third kappa shape index (κ3) is 7.18. The van der Waals surface area contributed by atoms with Crippen LogP contribution in [-0.4, -0.2) is 71.7 Å². The first kappa shape index (κ1) is 39.7. The van der Waals surface area contributed by atoms with Crippen LogP contribution in [0.5, 0.6) is 0 Å². The van der Waals surface area contributed by atoms with Gasteiger partial charge in [0.05, 0.1) is 64.8 Å². The number of fused-ring (bicyclic) bond motifs is 2. The molecule has 300 valence electrons. The van der Waals surface area contributed by atoms with Gasteiger partial charge >= 0.3 is 11.9 Å². The molecule has 2 atom stereocenters. The predicted octanol–water partition coefficient (Wildman–Crippen LogP) is 5.85. The molecule has 2 N–H and O–H groups in total. The van der Waals surface area contributed by atoms with Crippen molar-refractivity contribution >= 4 is 34.3 Å². The Morgan fingerprint density at radius 3 is 1.90 bits per heavy atom. The van der Waals surface area contributed by atoms with Gasteiger partial charge < -0.3 is 14.5 Å². The molecule has 4 heterocycles. The number of carbonyl (C=O) groups is 3. The number of H-pyrrole nitrogens is 1. The third-order valence-electron chi connectivity index (χ3n) is 9.62. The van der Waals surface area contributed by atoms with Gasteiger partial charge in [0.1, 0.15) is 47.7 Å². The first-order chi connectivity index (χ1) is 28.2. The van der Waals surface area contributed by atoms with Crippen LogP contribution in [0.4, 0.5) is 23.2 Å². The number of ketones is 1. The largest absolute Gasteiger partial charge is 0.465 e. The van der Waals surface area contributed by atoms with Crippen LogP contribution < -0.4 is 10.5 Å². The Balaban J connectivity index is 0.000000179. The number of ether oxygens (including phenoxy) is 2. The zero-order chi connectivity index (χ0) is 42.3. The van der Waals surface area contributed by atoms with E-state index in [-0.39, 0.29) is 50.5 Å². The molecule has 0 aliphatic carbocycles. The Labute approximate surface area is 330 Å². The maximum absolute atomic E-state index is 14.2. The molecule has 59 heavy (non-hydrogen) atoms. The van der Waals surface area contributed by atoms with Gasteiger partial charge in [-0.25, -0.2) is 46.9 Å².